The molecular formula is C19H15F3N4O2. The van der Waals surface area contributed by atoms with Crippen LogP contribution in [-0.2, 0) is 4.79 Å². The van der Waals surface area contributed by atoms with Crippen molar-refractivity contribution in [2.75, 3.05) is 6.54 Å². The van der Waals surface area contributed by atoms with E-state index in [4.69, 9.17) is 4.42 Å². The number of carbonyl (C=O) groups excluding carboxylic acids is 1. The lowest BCUT2D eigenvalue weighted by Gasteiger charge is -2.17. The summed E-state index contributed by atoms with van der Waals surface area (Å²) in [6.45, 7) is 1.51. The molecule has 1 aliphatic heterocycles. The van der Waals surface area contributed by atoms with Gasteiger partial charge in [-0.05, 0) is 37.3 Å². The highest BCUT2D eigenvalue weighted by Gasteiger charge is 2.38. The number of hydrogen-bond donors (Lipinski definition) is 1. The Balaban J connectivity index is 1.55. The van der Waals surface area contributed by atoms with E-state index in [0.717, 1.165) is 11.1 Å². The van der Waals surface area contributed by atoms with Crippen molar-refractivity contribution in [3.05, 3.63) is 53.2 Å². The Kier molecular flexibility index (Phi) is 4.17. The monoisotopic (exact) mass is 388 g/mol. The zero-order chi connectivity index (χ0) is 19.9. The fourth-order valence-electron chi connectivity index (χ4n) is 3.01. The van der Waals surface area contributed by atoms with Gasteiger partial charge in [-0.25, -0.2) is 4.98 Å². The minimum Gasteiger partial charge on any atom is -0.436 e. The molecular weight excluding hydrogens is 373 g/mol. The second-order valence-electron chi connectivity index (χ2n) is 6.63. The molecule has 3 aromatic rings. The molecule has 6 nitrogen and oxygen atoms in total. The molecule has 1 amide bonds. The van der Waals surface area contributed by atoms with Crippen LogP contribution in [0.2, 0.25) is 0 Å². The van der Waals surface area contributed by atoms with Crippen LogP contribution in [0.3, 0.4) is 0 Å². The minimum atomic E-state index is -4.90. The van der Waals surface area contributed by atoms with Gasteiger partial charge in [-0.15, -0.1) is 0 Å². The molecule has 0 radical (unpaired) electrons. The van der Waals surface area contributed by atoms with Gasteiger partial charge in [0.25, 0.3) is 0 Å². The lowest BCUT2D eigenvalue weighted by atomic mass is 10.1. The van der Waals surface area contributed by atoms with Crippen molar-refractivity contribution in [3.8, 4) is 11.5 Å². The molecule has 1 aromatic heterocycles. The number of benzene rings is 2. The predicted octanol–water partition coefficient (Wildman–Crippen LogP) is 2.53. The summed E-state index contributed by atoms with van der Waals surface area (Å²) in [5.74, 6) is -1.52. The lowest BCUT2D eigenvalue weighted by Crippen LogP contribution is -2.39. The van der Waals surface area contributed by atoms with E-state index in [0.29, 0.717) is 22.2 Å². The van der Waals surface area contributed by atoms with Crippen LogP contribution in [0.1, 0.15) is 13.3 Å². The first-order chi connectivity index (χ1) is 13.2. The second kappa shape index (κ2) is 6.43. The smallest absolute Gasteiger partial charge is 0.436 e. The van der Waals surface area contributed by atoms with Crippen molar-refractivity contribution in [1.82, 2.24) is 10.3 Å². The van der Waals surface area contributed by atoms with Crippen molar-refractivity contribution < 1.29 is 22.4 Å². The number of aromatic nitrogens is 1. The fourth-order valence-corrected chi connectivity index (χ4v) is 3.01. The first-order valence-corrected chi connectivity index (χ1v) is 8.54. The van der Waals surface area contributed by atoms with Crippen molar-refractivity contribution in [2.24, 2.45) is 9.98 Å². The lowest BCUT2D eigenvalue weighted by molar-refractivity contribution is -0.173. The number of amides is 1. The molecule has 1 atom stereocenters. The van der Waals surface area contributed by atoms with E-state index in [2.05, 4.69) is 15.0 Å². The Morgan fingerprint density at radius 1 is 1.14 bits per heavy atom. The first-order valence-electron chi connectivity index (χ1n) is 8.54. The van der Waals surface area contributed by atoms with E-state index in [1.807, 2.05) is 29.6 Å². The number of hydrogen-bond acceptors (Lipinski definition) is 5. The molecule has 0 spiro atoms. The second-order valence-corrected chi connectivity index (χ2v) is 6.63. The van der Waals surface area contributed by atoms with Gasteiger partial charge in [-0.2, -0.15) is 13.2 Å². The van der Waals surface area contributed by atoms with E-state index in [9.17, 15) is 18.0 Å². The third kappa shape index (κ3) is 3.47. The highest BCUT2D eigenvalue weighted by Crippen LogP contribution is 2.24. The molecule has 1 aliphatic rings. The highest BCUT2D eigenvalue weighted by molar-refractivity contribution is 5.81. The van der Waals surface area contributed by atoms with Gasteiger partial charge >= 0.3 is 12.1 Å². The maximum Gasteiger partial charge on any atom is 0.471 e. The summed E-state index contributed by atoms with van der Waals surface area (Å²) >= 11 is 0. The summed E-state index contributed by atoms with van der Waals surface area (Å²) in [7, 11) is 0. The third-order valence-electron chi connectivity index (χ3n) is 4.38. The first kappa shape index (κ1) is 18.1. The summed E-state index contributed by atoms with van der Waals surface area (Å²) < 4.78 is 42.6. The fraction of sp³-hybridized carbons (Fsp3) is 0.263. The van der Waals surface area contributed by atoms with Gasteiger partial charge in [-0.1, -0.05) is 12.1 Å². The normalized spacial score (nSPS) is 18.4. The van der Waals surface area contributed by atoms with Crippen LogP contribution in [0.15, 0.2) is 56.9 Å². The zero-order valence-electron chi connectivity index (χ0n) is 14.7. The number of halogens is 3. The van der Waals surface area contributed by atoms with Crippen LogP contribution in [0.4, 0.5) is 13.2 Å². The van der Waals surface area contributed by atoms with Gasteiger partial charge in [0.1, 0.15) is 5.52 Å². The molecule has 0 saturated carbocycles. The molecule has 0 bridgehead atoms. The average molecular weight is 388 g/mol. The van der Waals surface area contributed by atoms with Crippen LogP contribution in [0.25, 0.3) is 22.6 Å². The Bertz CT molecular complexity index is 1150. The van der Waals surface area contributed by atoms with Gasteiger partial charge in [0.05, 0.1) is 10.7 Å². The number of para-hydroxylation sites is 2. The van der Waals surface area contributed by atoms with Gasteiger partial charge in [0, 0.05) is 18.5 Å². The van der Waals surface area contributed by atoms with Gasteiger partial charge in [0.15, 0.2) is 11.2 Å². The standard InChI is InChI=1S/C19H15F3N4O2/c1-18(8-9-23-17(27)19(20,21)22)25-12-7-6-11(10-14(12)26-18)16-24-13-4-2-3-5-15(13)28-16/h2-7,10H,8-9H2,1H3,(H,23,27). The van der Waals surface area contributed by atoms with Crippen molar-refractivity contribution >= 4 is 17.0 Å². The molecule has 0 fully saturated rings. The number of nitrogens with one attached hydrogen (secondary N) is 1. The van der Waals surface area contributed by atoms with Crippen LogP contribution in [-0.4, -0.2) is 29.3 Å². The maximum atomic E-state index is 12.3. The van der Waals surface area contributed by atoms with E-state index in [1.165, 1.54) is 0 Å². The largest absolute Gasteiger partial charge is 0.471 e. The Morgan fingerprint density at radius 3 is 2.64 bits per heavy atom. The summed E-state index contributed by atoms with van der Waals surface area (Å²) in [6.07, 6.45) is -4.76. The molecule has 1 unspecified atom stereocenters. The van der Waals surface area contributed by atoms with Crippen LogP contribution >= 0.6 is 0 Å². The van der Waals surface area contributed by atoms with E-state index in [-0.39, 0.29) is 13.0 Å². The average Bonchev–Trinajstić information content (AvgIpc) is 3.20. The van der Waals surface area contributed by atoms with Crippen molar-refractivity contribution in [2.45, 2.75) is 25.2 Å². The quantitative estimate of drug-likeness (QED) is 0.746. The number of oxazole rings is 1. The summed E-state index contributed by atoms with van der Waals surface area (Å²) in [5, 5.41) is 3.08. The number of fused-ring (bicyclic) bond motifs is 2. The predicted molar refractivity (Wildman–Crippen MR) is 93.8 cm³/mol. The maximum absolute atomic E-state index is 12.3. The summed E-state index contributed by atoms with van der Waals surface area (Å²) in [6, 6.07) is 12.8. The van der Waals surface area contributed by atoms with Crippen LogP contribution < -0.4 is 16.0 Å². The van der Waals surface area contributed by atoms with Gasteiger partial charge in [0.2, 0.25) is 5.89 Å². The molecule has 28 heavy (non-hydrogen) atoms. The number of rotatable bonds is 4. The molecule has 2 heterocycles. The number of nitrogens with zero attached hydrogens (tertiary/aromatic N) is 3. The number of carbonyl (C=O) groups is 1. The van der Waals surface area contributed by atoms with Crippen molar-refractivity contribution in [1.29, 1.82) is 0 Å². The molecule has 1 N–H and O–H groups in total. The zero-order valence-corrected chi connectivity index (χ0v) is 14.7. The van der Waals surface area contributed by atoms with Gasteiger partial charge < -0.3 is 9.73 Å². The highest BCUT2D eigenvalue weighted by atomic mass is 19.4. The van der Waals surface area contributed by atoms with Crippen LogP contribution in [0.5, 0.6) is 0 Å². The Morgan fingerprint density at radius 2 is 1.89 bits per heavy atom. The van der Waals surface area contributed by atoms with E-state index in [1.54, 1.807) is 25.1 Å². The molecule has 2 aromatic carbocycles. The molecule has 4 rings (SSSR count). The van der Waals surface area contributed by atoms with E-state index >= 15 is 0 Å². The summed E-state index contributed by atoms with van der Waals surface area (Å²) in [4.78, 5) is 24.3. The van der Waals surface area contributed by atoms with Crippen LogP contribution in [0, 0.1) is 0 Å². The third-order valence-corrected chi connectivity index (χ3v) is 4.38. The Labute approximate surface area is 156 Å². The SMILES string of the molecule is CC1(CCNC(=O)C(F)(F)F)N=c2ccc(-c3nc4ccccc4o3)cc2=N1. The topological polar surface area (TPSA) is 79.9 Å². The van der Waals surface area contributed by atoms with Crippen molar-refractivity contribution in [3.63, 3.8) is 0 Å². The molecule has 0 saturated heterocycles. The molecule has 9 heteroatoms. The Hall–Kier alpha value is -3.23. The van der Waals surface area contributed by atoms with Gasteiger partial charge in [-0.3, -0.25) is 14.8 Å². The summed E-state index contributed by atoms with van der Waals surface area (Å²) in [5.41, 5.74) is 1.19. The van der Waals surface area contributed by atoms with E-state index < -0.39 is 17.7 Å². The molecule has 144 valence electrons. The number of alkyl halides is 3. The molecule has 0 aliphatic carbocycles. The minimum absolute atomic E-state index is 0.141.